The minimum Gasteiger partial charge on any atom is -0.395 e. The van der Waals surface area contributed by atoms with Crippen molar-refractivity contribution in [1.29, 1.82) is 0 Å². The lowest BCUT2D eigenvalue weighted by Gasteiger charge is -2.07. The summed E-state index contributed by atoms with van der Waals surface area (Å²) in [5.41, 5.74) is 7.61. The second-order valence-corrected chi connectivity index (χ2v) is 6.51. The lowest BCUT2D eigenvalue weighted by Crippen LogP contribution is -2.12. The standard InChI is InChI=1S/C15H20N6O2/c16-14-19-12(17-4-9-1-2-9)11-13(20-14)21(8-18-11)5-10-3-15(10,6-22)7-23/h5,8-9,22-23H,1-4,6-7H2,(H3,16,17,19,20)/b10-5+. The van der Waals surface area contributed by atoms with E-state index in [-0.39, 0.29) is 19.2 Å². The van der Waals surface area contributed by atoms with Crippen molar-refractivity contribution in [2.24, 2.45) is 11.3 Å². The summed E-state index contributed by atoms with van der Waals surface area (Å²) in [5, 5.41) is 22.1. The molecule has 8 heteroatoms. The summed E-state index contributed by atoms with van der Waals surface area (Å²) in [5.74, 6) is 1.57. The molecule has 2 heterocycles. The number of rotatable bonds is 6. The van der Waals surface area contributed by atoms with Crippen LogP contribution in [0.4, 0.5) is 11.8 Å². The van der Waals surface area contributed by atoms with Crippen molar-refractivity contribution in [3.63, 3.8) is 0 Å². The van der Waals surface area contributed by atoms with Gasteiger partial charge in [0, 0.05) is 18.2 Å². The highest BCUT2D eigenvalue weighted by Crippen LogP contribution is 2.51. The van der Waals surface area contributed by atoms with Crippen molar-refractivity contribution in [2.75, 3.05) is 30.8 Å². The number of nitrogen functional groups attached to an aromatic ring is 1. The van der Waals surface area contributed by atoms with Crippen LogP contribution in [0.15, 0.2) is 11.9 Å². The predicted octanol–water partition coefficient (Wildman–Crippen LogP) is 0.446. The van der Waals surface area contributed by atoms with Crippen LogP contribution >= 0.6 is 0 Å². The molecule has 8 nitrogen and oxygen atoms in total. The van der Waals surface area contributed by atoms with Gasteiger partial charge in [-0.3, -0.25) is 4.57 Å². The van der Waals surface area contributed by atoms with Crippen molar-refractivity contribution in [3.05, 3.63) is 11.9 Å². The maximum Gasteiger partial charge on any atom is 0.224 e. The van der Waals surface area contributed by atoms with E-state index in [1.165, 1.54) is 12.8 Å². The fraction of sp³-hybridized carbons (Fsp3) is 0.533. The molecule has 0 atom stereocenters. The first kappa shape index (κ1) is 14.4. The Hall–Kier alpha value is -2.19. The van der Waals surface area contributed by atoms with Gasteiger partial charge in [0.2, 0.25) is 5.95 Å². The molecule has 2 fully saturated rings. The zero-order valence-corrected chi connectivity index (χ0v) is 12.7. The number of hydrogen-bond acceptors (Lipinski definition) is 7. The van der Waals surface area contributed by atoms with E-state index >= 15 is 0 Å². The smallest absolute Gasteiger partial charge is 0.224 e. The number of nitrogens with zero attached hydrogens (tertiary/aromatic N) is 4. The van der Waals surface area contributed by atoms with E-state index in [9.17, 15) is 10.2 Å². The van der Waals surface area contributed by atoms with Crippen molar-refractivity contribution < 1.29 is 10.2 Å². The molecule has 0 aliphatic heterocycles. The van der Waals surface area contributed by atoms with E-state index in [2.05, 4.69) is 20.3 Å². The SMILES string of the molecule is Nc1nc(NCC2CC2)c2ncn(/C=C3\CC3(CO)CO)c2n1. The molecule has 2 aromatic rings. The molecule has 0 aromatic carbocycles. The normalized spacial score (nSPS) is 21.0. The molecule has 0 spiro atoms. The number of imidazole rings is 1. The number of aliphatic hydroxyl groups excluding tert-OH is 2. The minimum atomic E-state index is -0.498. The Morgan fingerprint density at radius 2 is 2.13 bits per heavy atom. The summed E-state index contributed by atoms with van der Waals surface area (Å²) < 4.78 is 1.78. The Morgan fingerprint density at radius 3 is 2.78 bits per heavy atom. The Kier molecular flexibility index (Phi) is 3.24. The molecule has 0 unspecified atom stereocenters. The maximum atomic E-state index is 9.40. The number of nitrogens with one attached hydrogen (secondary N) is 1. The largest absolute Gasteiger partial charge is 0.395 e. The van der Waals surface area contributed by atoms with E-state index in [1.54, 1.807) is 10.9 Å². The molecule has 2 saturated carbocycles. The monoisotopic (exact) mass is 316 g/mol. The van der Waals surface area contributed by atoms with Crippen LogP contribution in [0.5, 0.6) is 0 Å². The minimum absolute atomic E-state index is 0.0622. The van der Waals surface area contributed by atoms with E-state index in [0.29, 0.717) is 29.3 Å². The average Bonchev–Trinajstić information content (AvgIpc) is 3.45. The predicted molar refractivity (Wildman–Crippen MR) is 86.4 cm³/mol. The summed E-state index contributed by atoms with van der Waals surface area (Å²) in [7, 11) is 0. The molecule has 2 aromatic heterocycles. The molecule has 4 rings (SSSR count). The molecular formula is C15H20N6O2. The van der Waals surface area contributed by atoms with Gasteiger partial charge in [-0.25, -0.2) is 4.98 Å². The van der Waals surface area contributed by atoms with E-state index in [4.69, 9.17) is 5.73 Å². The molecule has 122 valence electrons. The highest BCUT2D eigenvalue weighted by atomic mass is 16.3. The molecule has 2 aliphatic rings. The van der Waals surface area contributed by atoms with Crippen LogP contribution in [0.3, 0.4) is 0 Å². The second kappa shape index (κ2) is 5.17. The molecule has 0 radical (unpaired) electrons. The van der Waals surface area contributed by atoms with Crippen LogP contribution in [0.25, 0.3) is 17.4 Å². The van der Waals surface area contributed by atoms with Crippen molar-refractivity contribution in [3.8, 4) is 0 Å². The van der Waals surface area contributed by atoms with Gasteiger partial charge >= 0.3 is 0 Å². The van der Waals surface area contributed by atoms with Gasteiger partial charge in [0.1, 0.15) is 6.33 Å². The van der Waals surface area contributed by atoms with E-state index in [0.717, 1.165) is 12.1 Å². The third-order valence-corrected chi connectivity index (χ3v) is 4.68. The van der Waals surface area contributed by atoms with Gasteiger partial charge in [-0.15, -0.1) is 0 Å². The fourth-order valence-electron chi connectivity index (χ4n) is 2.75. The third kappa shape index (κ3) is 2.53. The van der Waals surface area contributed by atoms with Crippen molar-refractivity contribution >= 4 is 29.1 Å². The molecule has 23 heavy (non-hydrogen) atoms. The quantitative estimate of drug-likeness (QED) is 0.610. The fourth-order valence-corrected chi connectivity index (χ4v) is 2.75. The van der Waals surface area contributed by atoms with E-state index < -0.39 is 5.41 Å². The lowest BCUT2D eigenvalue weighted by molar-refractivity contribution is 0.143. The molecule has 0 saturated heterocycles. The van der Waals surface area contributed by atoms with Crippen LogP contribution in [-0.2, 0) is 0 Å². The van der Waals surface area contributed by atoms with Crippen molar-refractivity contribution in [1.82, 2.24) is 19.5 Å². The van der Waals surface area contributed by atoms with E-state index in [1.807, 2.05) is 6.20 Å². The molecule has 5 N–H and O–H groups in total. The first-order chi connectivity index (χ1) is 11.1. The Balaban J connectivity index is 1.67. The van der Waals surface area contributed by atoms with Crippen LogP contribution in [-0.4, -0.2) is 49.5 Å². The Labute approximate surface area is 133 Å². The summed E-state index contributed by atoms with van der Waals surface area (Å²) in [6.45, 7) is 0.748. The van der Waals surface area contributed by atoms with Gasteiger partial charge in [0.25, 0.3) is 0 Å². The third-order valence-electron chi connectivity index (χ3n) is 4.68. The van der Waals surface area contributed by atoms with Crippen LogP contribution in [0, 0.1) is 11.3 Å². The first-order valence-corrected chi connectivity index (χ1v) is 7.82. The van der Waals surface area contributed by atoms with Crippen LogP contribution < -0.4 is 11.1 Å². The van der Waals surface area contributed by atoms with Gasteiger partial charge < -0.3 is 21.3 Å². The Morgan fingerprint density at radius 1 is 1.35 bits per heavy atom. The second-order valence-electron chi connectivity index (χ2n) is 6.51. The summed E-state index contributed by atoms with van der Waals surface area (Å²) >= 11 is 0. The zero-order valence-electron chi connectivity index (χ0n) is 12.7. The maximum absolute atomic E-state index is 9.40. The first-order valence-electron chi connectivity index (χ1n) is 7.82. The number of nitrogens with two attached hydrogens (primary N) is 1. The zero-order chi connectivity index (χ0) is 16.0. The highest BCUT2D eigenvalue weighted by Gasteiger charge is 2.48. The number of aromatic nitrogens is 4. The summed E-state index contributed by atoms with van der Waals surface area (Å²) in [4.78, 5) is 12.9. The summed E-state index contributed by atoms with van der Waals surface area (Å²) in [6, 6.07) is 0. The molecule has 0 amide bonds. The highest BCUT2D eigenvalue weighted by molar-refractivity contribution is 5.85. The molecule has 0 bridgehead atoms. The topological polar surface area (TPSA) is 122 Å². The number of hydrogen-bond donors (Lipinski definition) is 4. The Bertz CT molecular complexity index is 776. The van der Waals surface area contributed by atoms with Crippen molar-refractivity contribution in [2.45, 2.75) is 19.3 Å². The average molecular weight is 316 g/mol. The summed E-state index contributed by atoms with van der Waals surface area (Å²) in [6.07, 6.45) is 6.70. The number of aliphatic hydroxyl groups is 2. The van der Waals surface area contributed by atoms with Crippen LogP contribution in [0.1, 0.15) is 19.3 Å². The van der Waals surface area contributed by atoms with Gasteiger partial charge in [-0.1, -0.05) is 0 Å². The van der Waals surface area contributed by atoms with Gasteiger partial charge in [-0.05, 0) is 30.8 Å². The lowest BCUT2D eigenvalue weighted by atomic mass is 10.1. The molecule has 2 aliphatic carbocycles. The number of fused-ring (bicyclic) bond motifs is 1. The van der Waals surface area contributed by atoms with Gasteiger partial charge in [-0.2, -0.15) is 9.97 Å². The number of anilines is 2. The molecular weight excluding hydrogens is 296 g/mol. The van der Waals surface area contributed by atoms with Gasteiger partial charge in [0.05, 0.1) is 13.2 Å². The van der Waals surface area contributed by atoms with Crippen LogP contribution in [0.2, 0.25) is 0 Å². The van der Waals surface area contributed by atoms with Gasteiger partial charge in [0.15, 0.2) is 17.0 Å².